The Hall–Kier alpha value is -1.73. The summed E-state index contributed by atoms with van der Waals surface area (Å²) in [4.78, 5) is 0. The molecule has 4 rings (SSSR count). The van der Waals surface area contributed by atoms with Gasteiger partial charge in [-0.25, -0.2) is 0 Å². The minimum atomic E-state index is -1.48. The normalized spacial score (nSPS) is 25.2. The number of benzene rings is 2. The van der Waals surface area contributed by atoms with Crippen LogP contribution in [0.25, 0.3) is 0 Å². The van der Waals surface area contributed by atoms with Crippen molar-refractivity contribution in [2.75, 3.05) is 20.8 Å². The topological polar surface area (TPSA) is 75.6 Å². The van der Waals surface area contributed by atoms with Gasteiger partial charge in [-0.3, -0.25) is 0 Å². The van der Waals surface area contributed by atoms with Gasteiger partial charge < -0.3 is 32.9 Å². The molecule has 3 unspecified atom stereocenters. The first-order valence-corrected chi connectivity index (χ1v) is 14.6. The van der Waals surface area contributed by atoms with Crippen LogP contribution in [0, 0.1) is 0 Å². The first-order chi connectivity index (χ1) is 18.0. The van der Waals surface area contributed by atoms with Crippen LogP contribution in [-0.2, 0) is 31.1 Å². The lowest BCUT2D eigenvalue weighted by Gasteiger charge is -2.43. The number of aliphatic hydroxyl groups is 1. The molecule has 2 heterocycles. The van der Waals surface area contributed by atoms with Gasteiger partial charge in [-0.15, -0.1) is 0 Å². The molecule has 210 valence electrons. The molecule has 7 nitrogen and oxygen atoms in total. The molecule has 2 aromatic rings. The maximum absolute atomic E-state index is 10.7. The highest BCUT2D eigenvalue weighted by Crippen LogP contribution is 2.54. The van der Waals surface area contributed by atoms with Crippen molar-refractivity contribution in [1.82, 2.24) is 0 Å². The lowest BCUT2D eigenvalue weighted by Crippen LogP contribution is -2.41. The van der Waals surface area contributed by atoms with Gasteiger partial charge in [-0.05, 0) is 74.9 Å². The lowest BCUT2D eigenvalue weighted by molar-refractivity contribution is -0.121. The molecular weight excluding hydrogens is 503 g/mol. The van der Waals surface area contributed by atoms with Crippen molar-refractivity contribution in [1.29, 1.82) is 0 Å². The quantitative estimate of drug-likeness (QED) is 0.352. The zero-order chi connectivity index (χ0) is 27.5. The summed E-state index contributed by atoms with van der Waals surface area (Å²) in [5.74, 6) is 1.44. The summed E-state index contributed by atoms with van der Waals surface area (Å²) in [6.45, 7) is 10.7. The molecule has 0 saturated carbocycles. The SMILES string of the molecule is CCc1ccc(C2CC(O)CC(COP3OC(C)(C)CC(C)(C)O3)O2)cc1Cc1ccc(OC)c(OC)c1. The van der Waals surface area contributed by atoms with Gasteiger partial charge in [0.25, 0.3) is 0 Å². The summed E-state index contributed by atoms with van der Waals surface area (Å²) in [7, 11) is 1.81. The predicted octanol–water partition coefficient (Wildman–Crippen LogP) is 6.68. The van der Waals surface area contributed by atoms with E-state index in [2.05, 4.69) is 58.9 Å². The second kappa shape index (κ2) is 12.2. The van der Waals surface area contributed by atoms with Crippen LogP contribution >= 0.6 is 8.60 Å². The molecule has 2 saturated heterocycles. The monoisotopic (exact) mass is 546 g/mol. The number of aliphatic hydroxyl groups excluding tert-OH is 1. The van der Waals surface area contributed by atoms with E-state index in [0.29, 0.717) is 19.4 Å². The molecule has 0 amide bonds. The van der Waals surface area contributed by atoms with Gasteiger partial charge in [0.1, 0.15) is 0 Å². The van der Waals surface area contributed by atoms with Crippen LogP contribution in [0.1, 0.15) is 82.2 Å². The summed E-state index contributed by atoms with van der Waals surface area (Å²) in [5.41, 5.74) is 4.12. The van der Waals surface area contributed by atoms with Crippen molar-refractivity contribution in [2.45, 2.75) is 96.2 Å². The van der Waals surface area contributed by atoms with E-state index in [1.807, 2.05) is 12.1 Å². The van der Waals surface area contributed by atoms with Gasteiger partial charge in [0.15, 0.2) is 11.5 Å². The molecule has 0 bridgehead atoms. The van der Waals surface area contributed by atoms with Crippen LogP contribution in [0.2, 0.25) is 0 Å². The Morgan fingerprint density at radius 1 is 0.921 bits per heavy atom. The average Bonchev–Trinajstić information content (AvgIpc) is 2.85. The Labute approximate surface area is 228 Å². The Morgan fingerprint density at radius 2 is 1.63 bits per heavy atom. The highest BCUT2D eigenvalue weighted by atomic mass is 31.2. The van der Waals surface area contributed by atoms with E-state index in [9.17, 15) is 5.11 Å². The molecule has 0 radical (unpaired) electrons. The van der Waals surface area contributed by atoms with E-state index in [1.54, 1.807) is 14.2 Å². The molecule has 2 fully saturated rings. The molecule has 38 heavy (non-hydrogen) atoms. The van der Waals surface area contributed by atoms with Gasteiger partial charge >= 0.3 is 8.60 Å². The Kier molecular flexibility index (Phi) is 9.39. The van der Waals surface area contributed by atoms with E-state index >= 15 is 0 Å². The fourth-order valence-electron chi connectivity index (χ4n) is 5.59. The van der Waals surface area contributed by atoms with E-state index in [4.69, 9.17) is 27.8 Å². The number of hydrogen-bond donors (Lipinski definition) is 1. The van der Waals surface area contributed by atoms with Crippen LogP contribution in [0.4, 0.5) is 0 Å². The fraction of sp³-hybridized carbons (Fsp3) is 0.600. The Morgan fingerprint density at radius 3 is 2.29 bits per heavy atom. The molecule has 8 heteroatoms. The first kappa shape index (κ1) is 29.3. The zero-order valence-electron chi connectivity index (χ0n) is 23.8. The standard InChI is InChI=1S/C30H43O7P/c1-8-21-10-11-22(15-23(21)13-20-9-12-26(32-6)28(14-20)33-7)27-17-24(31)16-25(35-27)18-34-38-36-29(2,3)19-30(4,5)37-38/h9-12,14-15,24-25,27,31H,8,13,16-19H2,1-7H3. The van der Waals surface area contributed by atoms with Gasteiger partial charge in [0.2, 0.25) is 0 Å². The number of ether oxygens (including phenoxy) is 3. The minimum absolute atomic E-state index is 0.212. The molecule has 0 aliphatic carbocycles. The minimum Gasteiger partial charge on any atom is -0.493 e. The van der Waals surface area contributed by atoms with Crippen LogP contribution in [-0.4, -0.2) is 49.3 Å². The number of rotatable bonds is 9. The summed E-state index contributed by atoms with van der Waals surface area (Å²) in [6, 6.07) is 12.6. The fourth-order valence-corrected chi connectivity index (χ4v) is 6.95. The lowest BCUT2D eigenvalue weighted by atomic mass is 9.91. The molecule has 2 aliphatic rings. The van der Waals surface area contributed by atoms with Crippen LogP contribution < -0.4 is 9.47 Å². The molecule has 0 spiro atoms. The second-order valence-electron chi connectivity index (χ2n) is 11.5. The summed E-state index contributed by atoms with van der Waals surface area (Å²) >= 11 is 0. The largest absolute Gasteiger partial charge is 0.493 e. The maximum atomic E-state index is 10.7. The molecule has 2 aliphatic heterocycles. The van der Waals surface area contributed by atoms with Crippen molar-refractivity contribution in [3.8, 4) is 11.5 Å². The molecule has 3 atom stereocenters. The first-order valence-electron chi connectivity index (χ1n) is 13.5. The van der Waals surface area contributed by atoms with Crippen molar-refractivity contribution in [3.63, 3.8) is 0 Å². The molecule has 2 aromatic carbocycles. The zero-order valence-corrected chi connectivity index (χ0v) is 24.7. The number of aryl methyl sites for hydroxylation is 1. The highest BCUT2D eigenvalue weighted by molar-refractivity contribution is 7.41. The summed E-state index contributed by atoms with van der Waals surface area (Å²) in [5, 5.41) is 10.7. The van der Waals surface area contributed by atoms with Gasteiger partial charge in [-0.2, -0.15) is 0 Å². The highest BCUT2D eigenvalue weighted by Gasteiger charge is 2.42. The van der Waals surface area contributed by atoms with Gasteiger partial charge in [-0.1, -0.05) is 31.2 Å². The molecule has 1 N–H and O–H groups in total. The predicted molar refractivity (Wildman–Crippen MR) is 149 cm³/mol. The average molecular weight is 547 g/mol. The summed E-state index contributed by atoms with van der Waals surface area (Å²) < 4.78 is 35.5. The van der Waals surface area contributed by atoms with Crippen molar-refractivity contribution in [2.24, 2.45) is 0 Å². The number of hydrogen-bond acceptors (Lipinski definition) is 7. The van der Waals surface area contributed by atoms with E-state index in [0.717, 1.165) is 41.9 Å². The van der Waals surface area contributed by atoms with E-state index in [1.165, 1.54) is 11.1 Å². The maximum Gasteiger partial charge on any atom is 0.333 e. The Balaban J connectivity index is 1.46. The van der Waals surface area contributed by atoms with Crippen LogP contribution in [0.15, 0.2) is 36.4 Å². The van der Waals surface area contributed by atoms with E-state index < -0.39 is 14.7 Å². The third kappa shape index (κ3) is 7.47. The Bertz CT molecular complexity index is 1070. The smallest absolute Gasteiger partial charge is 0.333 e. The van der Waals surface area contributed by atoms with E-state index in [-0.39, 0.29) is 23.4 Å². The third-order valence-corrected chi connectivity index (χ3v) is 8.71. The van der Waals surface area contributed by atoms with Crippen LogP contribution in [0.5, 0.6) is 11.5 Å². The van der Waals surface area contributed by atoms with Crippen molar-refractivity contribution in [3.05, 3.63) is 58.7 Å². The third-order valence-electron chi connectivity index (χ3n) is 7.06. The number of methoxy groups -OCH3 is 2. The van der Waals surface area contributed by atoms with Crippen molar-refractivity contribution >= 4 is 8.60 Å². The second-order valence-corrected chi connectivity index (χ2v) is 12.6. The van der Waals surface area contributed by atoms with Crippen molar-refractivity contribution < 1.29 is 32.9 Å². The van der Waals surface area contributed by atoms with Gasteiger partial charge in [0, 0.05) is 19.3 Å². The molecule has 0 aromatic heterocycles. The summed E-state index contributed by atoms with van der Waals surface area (Å²) in [6.07, 6.45) is 2.66. The molecular formula is C30H43O7P. The van der Waals surface area contributed by atoms with Gasteiger partial charge in [0.05, 0.1) is 50.3 Å². The van der Waals surface area contributed by atoms with Crippen LogP contribution in [0.3, 0.4) is 0 Å².